The first kappa shape index (κ1) is 13.4. The molecule has 0 atom stereocenters. The van der Waals surface area contributed by atoms with Crippen molar-refractivity contribution < 1.29 is 8.78 Å². The number of nitrogens with one attached hydrogen (secondary N) is 1. The van der Waals surface area contributed by atoms with Gasteiger partial charge in [-0.25, -0.2) is 18.7 Å². The zero-order valence-corrected chi connectivity index (χ0v) is 10.9. The second-order valence-electron chi connectivity index (χ2n) is 4.28. The lowest BCUT2D eigenvalue weighted by molar-refractivity contribution is 0.614. The predicted molar refractivity (Wildman–Crippen MR) is 70.9 cm³/mol. The van der Waals surface area contributed by atoms with E-state index < -0.39 is 5.82 Å². The molecule has 1 N–H and O–H groups in total. The summed E-state index contributed by atoms with van der Waals surface area (Å²) < 4.78 is 27.0. The number of aryl methyl sites for hydroxylation is 1. The Bertz CT molecular complexity index is 585. The summed E-state index contributed by atoms with van der Waals surface area (Å²) in [6.07, 6.45) is 2.05. The molecule has 0 aliphatic rings. The number of benzene rings is 1. The number of hydrogen-bond acceptors (Lipinski definition) is 3. The van der Waals surface area contributed by atoms with Crippen LogP contribution < -0.4 is 5.32 Å². The van der Waals surface area contributed by atoms with Gasteiger partial charge in [0.15, 0.2) is 5.82 Å². The van der Waals surface area contributed by atoms with Crippen LogP contribution in [0, 0.1) is 18.6 Å². The summed E-state index contributed by atoms with van der Waals surface area (Å²) in [6, 6.07) is 4.40. The molecular weight excluding hydrogens is 248 g/mol. The molecule has 2 rings (SSSR count). The molecule has 2 aromatic rings. The fraction of sp³-hybridized carbons (Fsp3) is 0.286. The first-order valence-corrected chi connectivity index (χ1v) is 6.14. The number of halogens is 2. The Labute approximate surface area is 110 Å². The molecule has 3 nitrogen and oxygen atoms in total. The van der Waals surface area contributed by atoms with Gasteiger partial charge in [-0.1, -0.05) is 6.92 Å². The van der Waals surface area contributed by atoms with E-state index in [0.29, 0.717) is 23.6 Å². The van der Waals surface area contributed by atoms with Gasteiger partial charge >= 0.3 is 0 Å². The highest BCUT2D eigenvalue weighted by Gasteiger charge is 2.10. The van der Waals surface area contributed by atoms with E-state index in [1.807, 2.05) is 6.92 Å². The third-order valence-electron chi connectivity index (χ3n) is 2.71. The van der Waals surface area contributed by atoms with Gasteiger partial charge in [-0.05, 0) is 37.1 Å². The second-order valence-corrected chi connectivity index (χ2v) is 4.28. The fourth-order valence-electron chi connectivity index (χ4n) is 1.68. The maximum absolute atomic E-state index is 13.8. The molecule has 1 aromatic heterocycles. The van der Waals surface area contributed by atoms with Gasteiger partial charge in [0.2, 0.25) is 5.95 Å². The van der Waals surface area contributed by atoms with Crippen LogP contribution in [0.25, 0.3) is 11.3 Å². The minimum atomic E-state index is -0.520. The molecule has 0 radical (unpaired) electrons. The first-order valence-electron chi connectivity index (χ1n) is 6.14. The summed E-state index contributed by atoms with van der Waals surface area (Å²) in [5, 5.41) is 2.99. The number of rotatable bonds is 4. The Morgan fingerprint density at radius 3 is 2.68 bits per heavy atom. The summed E-state index contributed by atoms with van der Waals surface area (Å²) in [6.45, 7) is 4.36. The molecule has 1 aromatic carbocycles. The monoisotopic (exact) mass is 263 g/mol. The SMILES string of the molecule is CCCNc1ncc(F)c(-c2ccc(F)c(C)c2)n1. The van der Waals surface area contributed by atoms with Crippen molar-refractivity contribution >= 4 is 5.95 Å². The average molecular weight is 263 g/mol. The van der Waals surface area contributed by atoms with Crippen molar-refractivity contribution in [3.05, 3.63) is 41.6 Å². The summed E-state index contributed by atoms with van der Waals surface area (Å²) in [7, 11) is 0. The first-order chi connectivity index (χ1) is 9.11. The average Bonchev–Trinajstić information content (AvgIpc) is 2.41. The van der Waals surface area contributed by atoms with Crippen LogP contribution in [-0.4, -0.2) is 16.5 Å². The minimum absolute atomic E-state index is 0.178. The van der Waals surface area contributed by atoms with Gasteiger partial charge in [-0.15, -0.1) is 0 Å². The molecular formula is C14H15F2N3. The molecule has 0 aliphatic carbocycles. The molecule has 100 valence electrons. The zero-order chi connectivity index (χ0) is 13.8. The highest BCUT2D eigenvalue weighted by molar-refractivity contribution is 5.61. The van der Waals surface area contributed by atoms with Crippen LogP contribution in [0.3, 0.4) is 0 Å². The van der Waals surface area contributed by atoms with E-state index in [2.05, 4.69) is 15.3 Å². The van der Waals surface area contributed by atoms with Gasteiger partial charge in [-0.2, -0.15) is 0 Å². The maximum Gasteiger partial charge on any atom is 0.223 e. The van der Waals surface area contributed by atoms with Gasteiger partial charge in [0.05, 0.1) is 6.20 Å². The summed E-state index contributed by atoms with van der Waals surface area (Å²) in [5.41, 5.74) is 1.17. The Hall–Kier alpha value is -2.04. The molecule has 0 bridgehead atoms. The Morgan fingerprint density at radius 1 is 1.21 bits per heavy atom. The number of aromatic nitrogens is 2. The number of nitrogens with zero attached hydrogens (tertiary/aromatic N) is 2. The van der Waals surface area contributed by atoms with E-state index in [-0.39, 0.29) is 11.5 Å². The van der Waals surface area contributed by atoms with Crippen LogP contribution in [0.4, 0.5) is 14.7 Å². The highest BCUT2D eigenvalue weighted by atomic mass is 19.1. The normalized spacial score (nSPS) is 10.5. The van der Waals surface area contributed by atoms with Crippen LogP contribution in [0.15, 0.2) is 24.4 Å². The topological polar surface area (TPSA) is 37.8 Å². The molecule has 5 heteroatoms. The molecule has 0 spiro atoms. The number of hydrogen-bond donors (Lipinski definition) is 1. The van der Waals surface area contributed by atoms with Gasteiger partial charge in [0.25, 0.3) is 0 Å². The maximum atomic E-state index is 13.8. The lowest BCUT2D eigenvalue weighted by Gasteiger charge is -2.07. The van der Waals surface area contributed by atoms with E-state index >= 15 is 0 Å². The lowest BCUT2D eigenvalue weighted by Crippen LogP contribution is -2.05. The molecule has 1 heterocycles. The largest absolute Gasteiger partial charge is 0.354 e. The van der Waals surface area contributed by atoms with Crippen LogP contribution in [0.2, 0.25) is 0 Å². The van der Waals surface area contributed by atoms with E-state index in [4.69, 9.17) is 0 Å². The molecule has 19 heavy (non-hydrogen) atoms. The van der Waals surface area contributed by atoms with Gasteiger partial charge < -0.3 is 5.32 Å². The van der Waals surface area contributed by atoms with E-state index in [1.54, 1.807) is 13.0 Å². The lowest BCUT2D eigenvalue weighted by atomic mass is 10.1. The zero-order valence-electron chi connectivity index (χ0n) is 10.9. The van der Waals surface area contributed by atoms with E-state index in [9.17, 15) is 8.78 Å². The van der Waals surface area contributed by atoms with E-state index in [0.717, 1.165) is 12.6 Å². The van der Waals surface area contributed by atoms with Gasteiger partial charge in [0.1, 0.15) is 11.5 Å². The number of anilines is 1. The molecule has 0 aliphatic heterocycles. The van der Waals surface area contributed by atoms with Crippen molar-refractivity contribution in [1.29, 1.82) is 0 Å². The predicted octanol–water partition coefficient (Wildman–Crippen LogP) is 3.55. The van der Waals surface area contributed by atoms with Crippen molar-refractivity contribution in [1.82, 2.24) is 9.97 Å². The van der Waals surface area contributed by atoms with Crippen LogP contribution in [0.5, 0.6) is 0 Å². The van der Waals surface area contributed by atoms with E-state index in [1.165, 1.54) is 12.1 Å². The Balaban J connectivity index is 2.39. The molecule has 0 fully saturated rings. The molecule has 0 saturated heterocycles. The van der Waals surface area contributed by atoms with Crippen molar-refractivity contribution in [3.63, 3.8) is 0 Å². The van der Waals surface area contributed by atoms with Crippen molar-refractivity contribution in [2.45, 2.75) is 20.3 Å². The minimum Gasteiger partial charge on any atom is -0.354 e. The quantitative estimate of drug-likeness (QED) is 0.916. The Morgan fingerprint density at radius 2 is 2.00 bits per heavy atom. The fourth-order valence-corrected chi connectivity index (χ4v) is 1.68. The van der Waals surface area contributed by atoms with Gasteiger partial charge in [-0.3, -0.25) is 0 Å². The molecule has 0 unspecified atom stereocenters. The summed E-state index contributed by atoms with van der Waals surface area (Å²) in [5.74, 6) is -0.462. The van der Waals surface area contributed by atoms with Crippen LogP contribution >= 0.6 is 0 Å². The summed E-state index contributed by atoms with van der Waals surface area (Å²) in [4.78, 5) is 8.00. The molecule has 0 amide bonds. The van der Waals surface area contributed by atoms with Crippen molar-refractivity contribution in [2.75, 3.05) is 11.9 Å². The van der Waals surface area contributed by atoms with Crippen LogP contribution in [0.1, 0.15) is 18.9 Å². The van der Waals surface area contributed by atoms with Crippen molar-refractivity contribution in [3.8, 4) is 11.3 Å². The Kier molecular flexibility index (Phi) is 4.04. The summed E-state index contributed by atoms with van der Waals surface area (Å²) >= 11 is 0. The second kappa shape index (κ2) is 5.73. The standard InChI is InChI=1S/C14H15F2N3/c1-3-6-17-14-18-8-12(16)13(19-14)10-4-5-11(15)9(2)7-10/h4-5,7-8H,3,6H2,1-2H3,(H,17,18,19). The smallest absolute Gasteiger partial charge is 0.223 e. The van der Waals surface area contributed by atoms with Crippen molar-refractivity contribution in [2.24, 2.45) is 0 Å². The third-order valence-corrected chi connectivity index (χ3v) is 2.71. The molecule has 0 saturated carbocycles. The van der Waals surface area contributed by atoms with Gasteiger partial charge in [0, 0.05) is 12.1 Å². The highest BCUT2D eigenvalue weighted by Crippen LogP contribution is 2.23. The third kappa shape index (κ3) is 3.05. The van der Waals surface area contributed by atoms with Crippen LogP contribution in [-0.2, 0) is 0 Å².